The molecule has 2 saturated heterocycles. The van der Waals surface area contributed by atoms with Crippen molar-refractivity contribution in [3.05, 3.63) is 0 Å². The van der Waals surface area contributed by atoms with Gasteiger partial charge in [0.05, 0.1) is 20.3 Å². The lowest BCUT2D eigenvalue weighted by Gasteiger charge is -2.38. The third-order valence-corrected chi connectivity index (χ3v) is 5.97. The van der Waals surface area contributed by atoms with Crippen LogP contribution < -0.4 is 0 Å². The molecule has 2 aliphatic rings. The van der Waals surface area contributed by atoms with Crippen molar-refractivity contribution in [1.82, 2.24) is 8.61 Å². The Hall–Kier alpha value is -0.700. The number of rotatable bonds is 3. The molecule has 20 heavy (non-hydrogen) atoms. The second kappa shape index (κ2) is 6.38. The number of hydrogen-bond acceptors (Lipinski definition) is 5. The van der Waals surface area contributed by atoms with Crippen LogP contribution in [0.5, 0.6) is 0 Å². The molecule has 116 valence electrons. The largest absolute Gasteiger partial charge is 0.468 e. The van der Waals surface area contributed by atoms with Crippen LogP contribution in [0, 0.1) is 5.92 Å². The van der Waals surface area contributed by atoms with Crippen molar-refractivity contribution in [3.63, 3.8) is 0 Å². The second-order valence-corrected chi connectivity index (χ2v) is 7.20. The predicted octanol–water partition coefficient (Wildman–Crippen LogP) is -0.163. The Bertz CT molecular complexity index is 445. The van der Waals surface area contributed by atoms with E-state index in [-0.39, 0.29) is 13.2 Å². The summed E-state index contributed by atoms with van der Waals surface area (Å²) >= 11 is 0. The smallest absolute Gasteiger partial charge is 0.326 e. The van der Waals surface area contributed by atoms with E-state index in [1.54, 1.807) is 0 Å². The number of piperidine rings is 1. The molecule has 0 radical (unpaired) electrons. The van der Waals surface area contributed by atoms with Crippen molar-refractivity contribution < 1.29 is 22.7 Å². The van der Waals surface area contributed by atoms with Gasteiger partial charge in [-0.15, -0.1) is 0 Å². The molecular weight excluding hydrogens is 284 g/mol. The standard InChI is InChI=1S/C12H22N2O5S/c1-10-3-5-13(6-4-10)20(16,17)14-7-8-19-9-11(14)12(15)18-2/h10-11H,3-9H2,1-2H3. The molecule has 0 bridgehead atoms. The van der Waals surface area contributed by atoms with Gasteiger partial charge in [0.1, 0.15) is 6.04 Å². The zero-order valence-corrected chi connectivity index (χ0v) is 12.8. The van der Waals surface area contributed by atoms with Crippen molar-refractivity contribution in [1.29, 1.82) is 0 Å². The van der Waals surface area contributed by atoms with Crippen LogP contribution in [-0.4, -0.2) is 69.0 Å². The molecule has 0 aromatic heterocycles. The fourth-order valence-electron chi connectivity index (χ4n) is 2.55. The van der Waals surface area contributed by atoms with Crippen LogP contribution in [0.3, 0.4) is 0 Å². The molecule has 2 aliphatic heterocycles. The van der Waals surface area contributed by atoms with Crippen LogP contribution in [0.25, 0.3) is 0 Å². The normalized spacial score (nSPS) is 27.4. The number of morpholine rings is 1. The molecule has 0 N–H and O–H groups in total. The number of hydrogen-bond donors (Lipinski definition) is 0. The third-order valence-electron chi connectivity index (χ3n) is 3.92. The molecule has 0 aromatic rings. The first-order valence-electron chi connectivity index (χ1n) is 6.89. The zero-order valence-electron chi connectivity index (χ0n) is 11.9. The van der Waals surface area contributed by atoms with Gasteiger partial charge in [-0.25, -0.2) is 0 Å². The maximum Gasteiger partial charge on any atom is 0.326 e. The fourth-order valence-corrected chi connectivity index (χ4v) is 4.29. The van der Waals surface area contributed by atoms with Gasteiger partial charge in [0.15, 0.2) is 0 Å². The number of carbonyl (C=O) groups is 1. The highest BCUT2D eigenvalue weighted by Crippen LogP contribution is 2.23. The highest BCUT2D eigenvalue weighted by Gasteiger charge is 2.41. The Labute approximate surface area is 120 Å². The Balaban J connectivity index is 2.15. The molecule has 8 heteroatoms. The van der Waals surface area contributed by atoms with Gasteiger partial charge in [-0.1, -0.05) is 6.92 Å². The predicted molar refractivity (Wildman–Crippen MR) is 72.2 cm³/mol. The molecule has 1 atom stereocenters. The highest BCUT2D eigenvalue weighted by molar-refractivity contribution is 7.86. The van der Waals surface area contributed by atoms with E-state index in [2.05, 4.69) is 11.7 Å². The summed E-state index contributed by atoms with van der Waals surface area (Å²) in [5.41, 5.74) is 0. The number of ether oxygens (including phenoxy) is 2. The lowest BCUT2D eigenvalue weighted by molar-refractivity contribution is -0.149. The van der Waals surface area contributed by atoms with Gasteiger partial charge in [0, 0.05) is 19.6 Å². The number of carbonyl (C=O) groups excluding carboxylic acids is 1. The van der Waals surface area contributed by atoms with Crippen LogP contribution in [0.1, 0.15) is 19.8 Å². The van der Waals surface area contributed by atoms with Crippen LogP contribution in [0.2, 0.25) is 0 Å². The SMILES string of the molecule is COC(=O)C1COCCN1S(=O)(=O)N1CCC(C)CC1. The molecule has 1 unspecified atom stereocenters. The molecule has 0 amide bonds. The van der Waals surface area contributed by atoms with E-state index in [9.17, 15) is 13.2 Å². The summed E-state index contributed by atoms with van der Waals surface area (Å²) in [5.74, 6) is -0.0267. The van der Waals surface area contributed by atoms with Crippen molar-refractivity contribution in [3.8, 4) is 0 Å². The van der Waals surface area contributed by atoms with Crippen LogP contribution in [0.4, 0.5) is 0 Å². The minimum Gasteiger partial charge on any atom is -0.468 e. The summed E-state index contributed by atoms with van der Waals surface area (Å²) in [6.45, 7) is 3.68. The maximum atomic E-state index is 12.7. The average molecular weight is 306 g/mol. The molecule has 0 spiro atoms. The first-order valence-corrected chi connectivity index (χ1v) is 8.29. The van der Waals surface area contributed by atoms with Gasteiger partial charge < -0.3 is 9.47 Å². The quantitative estimate of drug-likeness (QED) is 0.677. The van der Waals surface area contributed by atoms with Crippen molar-refractivity contribution in [2.75, 3.05) is 40.0 Å². The van der Waals surface area contributed by atoms with Crippen molar-refractivity contribution in [2.45, 2.75) is 25.8 Å². The van der Waals surface area contributed by atoms with E-state index in [1.165, 1.54) is 15.7 Å². The zero-order chi connectivity index (χ0) is 14.8. The van der Waals surface area contributed by atoms with Crippen LogP contribution in [0.15, 0.2) is 0 Å². The van der Waals surface area contributed by atoms with E-state index in [1.807, 2.05) is 0 Å². The van der Waals surface area contributed by atoms with Crippen LogP contribution in [-0.2, 0) is 24.5 Å². The molecule has 0 aliphatic carbocycles. The minimum atomic E-state index is -3.63. The Morgan fingerprint density at radius 3 is 2.50 bits per heavy atom. The highest BCUT2D eigenvalue weighted by atomic mass is 32.2. The summed E-state index contributed by atoms with van der Waals surface area (Å²) in [7, 11) is -2.37. The van der Waals surface area contributed by atoms with Gasteiger partial charge in [-0.2, -0.15) is 17.0 Å². The lowest BCUT2D eigenvalue weighted by atomic mass is 10.0. The number of nitrogens with zero attached hydrogens (tertiary/aromatic N) is 2. The fraction of sp³-hybridized carbons (Fsp3) is 0.917. The molecule has 0 aromatic carbocycles. The van der Waals surface area contributed by atoms with Crippen LogP contribution >= 0.6 is 0 Å². The third kappa shape index (κ3) is 3.13. The second-order valence-electron chi connectivity index (χ2n) is 5.31. The summed E-state index contributed by atoms with van der Waals surface area (Å²) in [6, 6.07) is -0.877. The summed E-state index contributed by atoms with van der Waals surface area (Å²) in [4.78, 5) is 11.7. The molecule has 7 nitrogen and oxygen atoms in total. The number of esters is 1. The van der Waals surface area contributed by atoms with E-state index in [0.29, 0.717) is 25.6 Å². The Kier molecular flexibility index (Phi) is 5.00. The van der Waals surface area contributed by atoms with Gasteiger partial charge in [0.25, 0.3) is 10.2 Å². The van der Waals surface area contributed by atoms with Gasteiger partial charge in [0.2, 0.25) is 0 Å². The average Bonchev–Trinajstić information content (AvgIpc) is 2.47. The van der Waals surface area contributed by atoms with E-state index in [4.69, 9.17) is 4.74 Å². The van der Waals surface area contributed by atoms with Gasteiger partial charge in [-0.3, -0.25) is 4.79 Å². The Morgan fingerprint density at radius 1 is 1.25 bits per heavy atom. The van der Waals surface area contributed by atoms with E-state index >= 15 is 0 Å². The topological polar surface area (TPSA) is 76.1 Å². The Morgan fingerprint density at radius 2 is 1.90 bits per heavy atom. The minimum absolute atomic E-state index is 0.0517. The molecule has 2 fully saturated rings. The van der Waals surface area contributed by atoms with Gasteiger partial charge >= 0.3 is 5.97 Å². The molecule has 2 rings (SSSR count). The first-order chi connectivity index (χ1) is 9.46. The summed E-state index contributed by atoms with van der Waals surface area (Å²) in [6.07, 6.45) is 1.71. The van der Waals surface area contributed by atoms with Crippen molar-refractivity contribution in [2.24, 2.45) is 5.92 Å². The van der Waals surface area contributed by atoms with Crippen molar-refractivity contribution >= 4 is 16.2 Å². The van der Waals surface area contributed by atoms with Gasteiger partial charge in [-0.05, 0) is 18.8 Å². The lowest BCUT2D eigenvalue weighted by Crippen LogP contribution is -2.57. The monoisotopic (exact) mass is 306 g/mol. The maximum absolute atomic E-state index is 12.7. The van der Waals surface area contributed by atoms with E-state index < -0.39 is 22.2 Å². The summed E-state index contributed by atoms with van der Waals surface area (Å²) < 4.78 is 37.9. The van der Waals surface area contributed by atoms with E-state index in [0.717, 1.165) is 12.8 Å². The number of methoxy groups -OCH3 is 1. The molecular formula is C12H22N2O5S. The first kappa shape index (κ1) is 15.7. The molecule has 0 saturated carbocycles. The molecule has 2 heterocycles. The summed E-state index contributed by atoms with van der Waals surface area (Å²) in [5, 5.41) is 0.